The first-order valence-corrected chi connectivity index (χ1v) is 13.7. The van der Waals surface area contributed by atoms with Gasteiger partial charge in [0.15, 0.2) is 23.3 Å². The van der Waals surface area contributed by atoms with Crippen LogP contribution in [0.25, 0.3) is 0 Å². The Bertz CT molecular complexity index is 1520. The number of hydrazine groups is 1. The lowest BCUT2D eigenvalue weighted by atomic mass is 9.82. The third kappa shape index (κ3) is 6.64. The van der Waals surface area contributed by atoms with Gasteiger partial charge in [-0.05, 0) is 53.1 Å². The molecule has 1 aliphatic rings. The molecule has 0 aliphatic carbocycles. The molecule has 0 saturated carbocycles. The van der Waals surface area contributed by atoms with E-state index in [0.29, 0.717) is 35.8 Å². The van der Waals surface area contributed by atoms with Gasteiger partial charge < -0.3 is 14.6 Å². The molecule has 216 valence electrons. The molecule has 0 spiro atoms. The summed E-state index contributed by atoms with van der Waals surface area (Å²) in [7, 11) is 0. The number of carbonyl (C=O) groups excluding carboxylic acids is 1. The molecular weight excluding hydrogens is 540 g/mol. The molecule has 1 aliphatic heterocycles. The van der Waals surface area contributed by atoms with E-state index in [9.17, 15) is 13.6 Å². The highest BCUT2D eigenvalue weighted by molar-refractivity contribution is 6.01. The maximum absolute atomic E-state index is 14.1. The highest BCUT2D eigenvalue weighted by Gasteiger charge is 2.53. The average Bonchev–Trinajstić information content (AvgIpc) is 3.40. The summed E-state index contributed by atoms with van der Waals surface area (Å²) in [5.74, 6) is -1.40. The number of carbonyl (C=O) groups is 1. The van der Waals surface area contributed by atoms with Gasteiger partial charge in [-0.3, -0.25) is 10.2 Å². The molecule has 0 aromatic heterocycles. The summed E-state index contributed by atoms with van der Waals surface area (Å²) in [5.41, 5.74) is 6.97. The first-order valence-electron chi connectivity index (χ1n) is 13.7. The van der Waals surface area contributed by atoms with Gasteiger partial charge in [0.2, 0.25) is 5.90 Å². The molecule has 9 heteroatoms. The molecular formula is C33H31F2N3O4. The molecule has 1 amide bonds. The Hall–Kier alpha value is -4.60. The minimum absolute atomic E-state index is 0.0464. The predicted octanol–water partition coefficient (Wildman–Crippen LogP) is 5.05. The molecule has 0 radical (unpaired) electrons. The number of aliphatic hydroxyl groups excluding tert-OH is 1. The molecule has 5 rings (SSSR count). The molecule has 0 saturated heterocycles. The third-order valence-corrected chi connectivity index (χ3v) is 6.93. The fraction of sp³-hybridized carbons (Fsp3) is 0.212. The van der Waals surface area contributed by atoms with Crippen molar-refractivity contribution in [2.75, 3.05) is 13.2 Å². The first kappa shape index (κ1) is 28.9. The predicted molar refractivity (Wildman–Crippen MR) is 155 cm³/mol. The fourth-order valence-corrected chi connectivity index (χ4v) is 4.80. The Morgan fingerprint density at radius 1 is 0.905 bits per heavy atom. The van der Waals surface area contributed by atoms with Gasteiger partial charge in [-0.15, -0.1) is 0 Å². The number of hydrogen-bond acceptors (Lipinski definition) is 6. The number of benzene rings is 4. The van der Waals surface area contributed by atoms with Gasteiger partial charge in [-0.25, -0.2) is 19.2 Å². The molecule has 4 aromatic rings. The van der Waals surface area contributed by atoms with Crippen LogP contribution in [-0.4, -0.2) is 35.7 Å². The lowest BCUT2D eigenvalue weighted by Gasteiger charge is -2.31. The highest BCUT2D eigenvalue weighted by Crippen LogP contribution is 2.42. The molecule has 1 heterocycles. The molecule has 42 heavy (non-hydrogen) atoms. The number of amides is 1. The summed E-state index contributed by atoms with van der Waals surface area (Å²) in [4.78, 5) is 19.1. The summed E-state index contributed by atoms with van der Waals surface area (Å²) in [6.45, 7) is 0.502. The van der Waals surface area contributed by atoms with Gasteiger partial charge in [0.1, 0.15) is 5.75 Å². The van der Waals surface area contributed by atoms with Crippen LogP contribution in [0.1, 0.15) is 34.8 Å². The Labute approximate surface area is 242 Å². The van der Waals surface area contributed by atoms with Crippen LogP contribution in [0, 0.1) is 11.6 Å². The van der Waals surface area contributed by atoms with Crippen molar-refractivity contribution >= 4 is 11.8 Å². The number of nitrogens with zero attached hydrogens (tertiary/aromatic N) is 1. The van der Waals surface area contributed by atoms with E-state index >= 15 is 0 Å². The van der Waals surface area contributed by atoms with E-state index in [2.05, 4.69) is 10.9 Å². The Morgan fingerprint density at radius 2 is 1.62 bits per heavy atom. The number of rotatable bonds is 12. The van der Waals surface area contributed by atoms with Crippen molar-refractivity contribution < 1.29 is 28.2 Å². The molecule has 4 aromatic carbocycles. The standard InChI is InChI=1S/C33H31F2N3O4/c34-28-17-12-24(20-29(28)35)22-36-38-32(40)33(21-23-8-3-1-4-9-23)30(25-10-5-2-6-11-25)42-31(37-33)26-13-15-27(16-14-26)41-19-7-18-39/h1-6,8-17,20,30,36,39H,7,18-19,21-22H2,(H,38,40)/t30-,33-/m0/s1. The van der Waals surface area contributed by atoms with Crippen LogP contribution in [0.15, 0.2) is 108 Å². The number of hydrogen-bond donors (Lipinski definition) is 3. The van der Waals surface area contributed by atoms with Crippen molar-refractivity contribution in [3.8, 4) is 5.75 Å². The van der Waals surface area contributed by atoms with Gasteiger partial charge in [0.05, 0.1) is 6.61 Å². The number of aliphatic hydroxyl groups is 1. The van der Waals surface area contributed by atoms with Crippen LogP contribution >= 0.6 is 0 Å². The van der Waals surface area contributed by atoms with Gasteiger partial charge >= 0.3 is 0 Å². The highest BCUT2D eigenvalue weighted by atomic mass is 19.2. The molecule has 0 unspecified atom stereocenters. The minimum Gasteiger partial charge on any atom is -0.494 e. The van der Waals surface area contributed by atoms with Crippen molar-refractivity contribution in [3.05, 3.63) is 137 Å². The largest absolute Gasteiger partial charge is 0.494 e. The SMILES string of the molecule is O=C(NNCc1ccc(F)c(F)c1)[C@@]1(Cc2ccccc2)N=C(c2ccc(OCCCO)cc2)O[C@H]1c1ccccc1. The van der Waals surface area contributed by atoms with Crippen molar-refractivity contribution in [2.24, 2.45) is 4.99 Å². The number of ether oxygens (including phenoxy) is 2. The maximum atomic E-state index is 14.1. The third-order valence-electron chi connectivity index (χ3n) is 6.93. The van der Waals surface area contributed by atoms with E-state index in [1.54, 1.807) is 12.1 Å². The summed E-state index contributed by atoms with van der Waals surface area (Å²) < 4.78 is 39.2. The van der Waals surface area contributed by atoms with Crippen LogP contribution in [0.5, 0.6) is 5.75 Å². The smallest absolute Gasteiger partial charge is 0.266 e. The Balaban J connectivity index is 1.47. The van der Waals surface area contributed by atoms with Crippen LogP contribution in [0.4, 0.5) is 8.78 Å². The fourth-order valence-electron chi connectivity index (χ4n) is 4.80. The van der Waals surface area contributed by atoms with Crippen LogP contribution < -0.4 is 15.6 Å². The molecule has 0 fully saturated rings. The number of aliphatic imine (C=N–C) groups is 1. The molecule has 3 N–H and O–H groups in total. The van der Waals surface area contributed by atoms with Crippen LogP contribution in [0.3, 0.4) is 0 Å². The number of nitrogens with one attached hydrogen (secondary N) is 2. The second-order valence-electron chi connectivity index (χ2n) is 9.92. The van der Waals surface area contributed by atoms with Gasteiger partial charge in [-0.1, -0.05) is 66.7 Å². The van der Waals surface area contributed by atoms with Gasteiger partial charge in [-0.2, -0.15) is 0 Å². The van der Waals surface area contributed by atoms with E-state index in [0.717, 1.165) is 23.3 Å². The van der Waals surface area contributed by atoms with Crippen LogP contribution in [-0.2, 0) is 22.5 Å². The van der Waals surface area contributed by atoms with E-state index in [-0.39, 0.29) is 19.6 Å². The summed E-state index contributed by atoms with van der Waals surface area (Å²) >= 11 is 0. The Morgan fingerprint density at radius 3 is 2.31 bits per heavy atom. The van der Waals surface area contributed by atoms with E-state index in [1.165, 1.54) is 6.07 Å². The first-order chi connectivity index (χ1) is 20.5. The normalized spacial score (nSPS) is 17.8. The van der Waals surface area contributed by atoms with E-state index in [4.69, 9.17) is 19.6 Å². The molecule has 7 nitrogen and oxygen atoms in total. The second-order valence-corrected chi connectivity index (χ2v) is 9.92. The van der Waals surface area contributed by atoms with Gasteiger partial charge in [0, 0.05) is 31.6 Å². The monoisotopic (exact) mass is 571 g/mol. The molecule has 0 bridgehead atoms. The molecule has 2 atom stereocenters. The number of halogens is 2. The zero-order valence-electron chi connectivity index (χ0n) is 22.8. The average molecular weight is 572 g/mol. The minimum atomic E-state index is -1.41. The summed E-state index contributed by atoms with van der Waals surface area (Å²) in [5, 5.41) is 9.01. The summed E-state index contributed by atoms with van der Waals surface area (Å²) in [6, 6.07) is 29.7. The lowest BCUT2D eigenvalue weighted by molar-refractivity contribution is -0.130. The van der Waals surface area contributed by atoms with Crippen molar-refractivity contribution in [1.82, 2.24) is 10.9 Å². The van der Waals surface area contributed by atoms with Crippen molar-refractivity contribution in [3.63, 3.8) is 0 Å². The zero-order chi connectivity index (χ0) is 29.4. The maximum Gasteiger partial charge on any atom is 0.266 e. The topological polar surface area (TPSA) is 92.2 Å². The second kappa shape index (κ2) is 13.4. The Kier molecular flexibility index (Phi) is 9.21. The van der Waals surface area contributed by atoms with Gasteiger partial charge in [0.25, 0.3) is 5.91 Å². The summed E-state index contributed by atoms with van der Waals surface area (Å²) in [6.07, 6.45) is -0.00495. The van der Waals surface area contributed by atoms with Crippen molar-refractivity contribution in [1.29, 1.82) is 0 Å². The quantitative estimate of drug-likeness (QED) is 0.164. The van der Waals surface area contributed by atoms with E-state index in [1.807, 2.05) is 72.8 Å². The zero-order valence-corrected chi connectivity index (χ0v) is 22.8. The van der Waals surface area contributed by atoms with E-state index < -0.39 is 29.2 Å². The lowest BCUT2D eigenvalue weighted by Crippen LogP contribution is -2.53. The van der Waals surface area contributed by atoms with Crippen molar-refractivity contribution in [2.45, 2.75) is 31.0 Å². The van der Waals surface area contributed by atoms with Crippen LogP contribution in [0.2, 0.25) is 0 Å².